The molecule has 1 atom stereocenters. The van der Waals surface area contributed by atoms with Crippen LogP contribution in [-0.4, -0.2) is 22.8 Å². The molecular formula is C14H25N3. The van der Waals surface area contributed by atoms with Crippen LogP contribution in [0.25, 0.3) is 0 Å². The van der Waals surface area contributed by atoms with E-state index in [0.717, 1.165) is 18.9 Å². The highest BCUT2D eigenvalue weighted by Gasteiger charge is 2.20. The van der Waals surface area contributed by atoms with Crippen LogP contribution in [0.5, 0.6) is 0 Å². The lowest BCUT2D eigenvalue weighted by Gasteiger charge is -2.20. The molecule has 0 radical (unpaired) electrons. The van der Waals surface area contributed by atoms with Crippen LogP contribution < -0.4 is 5.32 Å². The van der Waals surface area contributed by atoms with Crippen LogP contribution >= 0.6 is 0 Å². The Hall–Kier alpha value is -0.830. The molecule has 96 valence electrons. The zero-order valence-corrected chi connectivity index (χ0v) is 11.1. The van der Waals surface area contributed by atoms with Crippen molar-refractivity contribution in [2.45, 2.75) is 58.4 Å². The van der Waals surface area contributed by atoms with Crippen molar-refractivity contribution in [1.82, 2.24) is 15.5 Å². The van der Waals surface area contributed by atoms with Crippen molar-refractivity contribution in [3.05, 3.63) is 17.5 Å². The summed E-state index contributed by atoms with van der Waals surface area (Å²) in [5, 5.41) is 10.7. The Labute approximate surface area is 104 Å². The molecule has 1 fully saturated rings. The summed E-state index contributed by atoms with van der Waals surface area (Å²) in [7, 11) is 0. The van der Waals surface area contributed by atoms with Crippen LogP contribution in [0.15, 0.2) is 6.20 Å². The number of aryl methyl sites for hydroxylation is 2. The normalized spacial score (nSPS) is 18.7. The number of hydrogen-bond donors (Lipinski definition) is 2. The van der Waals surface area contributed by atoms with Gasteiger partial charge in [0.15, 0.2) is 0 Å². The van der Waals surface area contributed by atoms with Crippen LogP contribution in [0.3, 0.4) is 0 Å². The average Bonchev–Trinajstić information content (AvgIpc) is 2.96. The van der Waals surface area contributed by atoms with Gasteiger partial charge < -0.3 is 5.32 Å². The molecule has 0 bridgehead atoms. The lowest BCUT2D eigenvalue weighted by Crippen LogP contribution is -2.33. The second kappa shape index (κ2) is 6.20. The van der Waals surface area contributed by atoms with Crippen molar-refractivity contribution in [1.29, 1.82) is 0 Å². The van der Waals surface area contributed by atoms with Gasteiger partial charge in [-0.2, -0.15) is 5.10 Å². The molecule has 2 rings (SSSR count). The lowest BCUT2D eigenvalue weighted by atomic mass is 9.99. The molecule has 0 amide bonds. The Balaban J connectivity index is 1.61. The van der Waals surface area contributed by atoms with Crippen molar-refractivity contribution in [2.24, 2.45) is 5.92 Å². The van der Waals surface area contributed by atoms with Gasteiger partial charge in [0.2, 0.25) is 0 Å². The monoisotopic (exact) mass is 235 g/mol. The summed E-state index contributed by atoms with van der Waals surface area (Å²) in [6.07, 6.45) is 10.0. The topological polar surface area (TPSA) is 40.7 Å². The molecule has 2 N–H and O–H groups in total. The van der Waals surface area contributed by atoms with Crippen molar-refractivity contribution in [3.8, 4) is 0 Å². The molecule has 3 heteroatoms. The molecule has 1 aliphatic rings. The van der Waals surface area contributed by atoms with Gasteiger partial charge in [0.1, 0.15) is 0 Å². The highest BCUT2D eigenvalue weighted by atomic mass is 15.1. The van der Waals surface area contributed by atoms with E-state index in [4.69, 9.17) is 0 Å². The number of rotatable bonds is 6. The maximum Gasteiger partial charge on any atom is 0.0522 e. The van der Waals surface area contributed by atoms with Crippen LogP contribution in [0, 0.1) is 12.8 Å². The first-order valence-corrected chi connectivity index (χ1v) is 6.99. The fourth-order valence-corrected chi connectivity index (χ4v) is 2.86. The Kier molecular flexibility index (Phi) is 4.60. The van der Waals surface area contributed by atoms with E-state index in [-0.39, 0.29) is 0 Å². The number of aromatic nitrogens is 2. The summed E-state index contributed by atoms with van der Waals surface area (Å²) in [5.41, 5.74) is 2.58. The SMILES string of the molecule is Cc1[nH]ncc1CCCNC(C)C1CCCC1. The number of nitrogens with zero attached hydrogens (tertiary/aromatic N) is 1. The molecule has 1 aromatic heterocycles. The molecular weight excluding hydrogens is 210 g/mol. The average molecular weight is 235 g/mol. The largest absolute Gasteiger partial charge is 0.314 e. The van der Waals surface area contributed by atoms with Crippen molar-refractivity contribution in [2.75, 3.05) is 6.54 Å². The molecule has 1 heterocycles. The van der Waals surface area contributed by atoms with E-state index in [2.05, 4.69) is 29.4 Å². The van der Waals surface area contributed by atoms with Crippen LogP contribution in [0.4, 0.5) is 0 Å². The fraction of sp³-hybridized carbons (Fsp3) is 0.786. The Morgan fingerprint density at radius 3 is 2.88 bits per heavy atom. The summed E-state index contributed by atoms with van der Waals surface area (Å²) in [5.74, 6) is 0.922. The van der Waals surface area contributed by atoms with Gasteiger partial charge in [-0.1, -0.05) is 12.8 Å². The first-order valence-electron chi connectivity index (χ1n) is 6.99. The molecule has 1 saturated carbocycles. The van der Waals surface area contributed by atoms with Crippen LogP contribution in [0.2, 0.25) is 0 Å². The van der Waals surface area contributed by atoms with Crippen LogP contribution in [0.1, 0.15) is 50.3 Å². The maximum absolute atomic E-state index is 4.05. The smallest absolute Gasteiger partial charge is 0.0522 e. The van der Waals surface area contributed by atoms with E-state index in [1.807, 2.05) is 6.20 Å². The molecule has 0 aromatic carbocycles. The number of aromatic amines is 1. The first kappa shape index (κ1) is 12.6. The van der Waals surface area contributed by atoms with E-state index < -0.39 is 0 Å². The lowest BCUT2D eigenvalue weighted by molar-refractivity contribution is 0.380. The van der Waals surface area contributed by atoms with Crippen molar-refractivity contribution >= 4 is 0 Å². The molecule has 3 nitrogen and oxygen atoms in total. The molecule has 0 spiro atoms. The standard InChI is InChI=1S/C14H25N3/c1-11(13-6-3-4-7-13)15-9-5-8-14-10-16-17-12(14)2/h10-11,13,15H,3-9H2,1-2H3,(H,16,17). The van der Waals surface area contributed by atoms with Gasteiger partial charge in [0, 0.05) is 11.7 Å². The van der Waals surface area contributed by atoms with Gasteiger partial charge in [-0.3, -0.25) is 5.10 Å². The van der Waals surface area contributed by atoms with Crippen molar-refractivity contribution in [3.63, 3.8) is 0 Å². The third-order valence-electron chi connectivity index (χ3n) is 4.13. The molecule has 1 unspecified atom stereocenters. The predicted octanol–water partition coefficient (Wildman–Crippen LogP) is 2.82. The second-order valence-electron chi connectivity index (χ2n) is 5.41. The quantitative estimate of drug-likeness (QED) is 0.744. The van der Waals surface area contributed by atoms with Gasteiger partial charge in [0.25, 0.3) is 0 Å². The fourth-order valence-electron chi connectivity index (χ4n) is 2.86. The van der Waals surface area contributed by atoms with Gasteiger partial charge in [0.05, 0.1) is 6.20 Å². The van der Waals surface area contributed by atoms with E-state index in [1.165, 1.54) is 43.4 Å². The minimum absolute atomic E-state index is 0.697. The zero-order chi connectivity index (χ0) is 12.1. The first-order chi connectivity index (χ1) is 8.27. The Bertz CT molecular complexity index is 326. The molecule has 1 aliphatic carbocycles. The minimum Gasteiger partial charge on any atom is -0.314 e. The van der Waals surface area contributed by atoms with Gasteiger partial charge in [-0.05, 0) is 57.6 Å². The van der Waals surface area contributed by atoms with Crippen molar-refractivity contribution < 1.29 is 0 Å². The van der Waals surface area contributed by atoms with Gasteiger partial charge in [-0.25, -0.2) is 0 Å². The van der Waals surface area contributed by atoms with E-state index in [0.29, 0.717) is 6.04 Å². The number of hydrogen-bond acceptors (Lipinski definition) is 2. The summed E-state index contributed by atoms with van der Waals surface area (Å²) >= 11 is 0. The minimum atomic E-state index is 0.697. The second-order valence-corrected chi connectivity index (χ2v) is 5.41. The highest BCUT2D eigenvalue weighted by Crippen LogP contribution is 2.27. The third kappa shape index (κ3) is 3.56. The third-order valence-corrected chi connectivity index (χ3v) is 4.13. The molecule has 0 saturated heterocycles. The Morgan fingerprint density at radius 1 is 1.47 bits per heavy atom. The number of H-pyrrole nitrogens is 1. The molecule has 17 heavy (non-hydrogen) atoms. The van der Waals surface area contributed by atoms with E-state index in [9.17, 15) is 0 Å². The predicted molar refractivity (Wildman–Crippen MR) is 71.1 cm³/mol. The van der Waals surface area contributed by atoms with E-state index >= 15 is 0 Å². The zero-order valence-electron chi connectivity index (χ0n) is 11.1. The summed E-state index contributed by atoms with van der Waals surface area (Å²) in [6.45, 7) is 5.57. The van der Waals surface area contributed by atoms with Gasteiger partial charge >= 0.3 is 0 Å². The van der Waals surface area contributed by atoms with Gasteiger partial charge in [-0.15, -0.1) is 0 Å². The van der Waals surface area contributed by atoms with E-state index in [1.54, 1.807) is 0 Å². The summed E-state index contributed by atoms with van der Waals surface area (Å²) in [6, 6.07) is 0.697. The summed E-state index contributed by atoms with van der Waals surface area (Å²) in [4.78, 5) is 0. The summed E-state index contributed by atoms with van der Waals surface area (Å²) < 4.78 is 0. The highest BCUT2D eigenvalue weighted by molar-refractivity contribution is 5.14. The van der Waals surface area contributed by atoms with Crippen LogP contribution in [-0.2, 0) is 6.42 Å². The Morgan fingerprint density at radius 2 is 2.24 bits per heavy atom. The maximum atomic E-state index is 4.05. The number of nitrogens with one attached hydrogen (secondary N) is 2. The molecule has 0 aliphatic heterocycles. The molecule has 1 aromatic rings.